The second-order valence-corrected chi connectivity index (χ2v) is 4.79. The summed E-state index contributed by atoms with van der Waals surface area (Å²) in [4.78, 5) is 4.01. The zero-order chi connectivity index (χ0) is 10.7. The van der Waals surface area contributed by atoms with E-state index in [4.69, 9.17) is 4.74 Å². The van der Waals surface area contributed by atoms with Gasteiger partial charge in [-0.25, -0.2) is 0 Å². The number of aromatic nitrogens is 1. The molecule has 2 atom stereocenters. The van der Waals surface area contributed by atoms with E-state index in [-0.39, 0.29) is 6.10 Å². The minimum absolute atomic E-state index is 0.262. The number of hydrogen-bond donors (Lipinski definition) is 1. The van der Waals surface area contributed by atoms with Gasteiger partial charge in [-0.3, -0.25) is 4.98 Å². The van der Waals surface area contributed by atoms with Gasteiger partial charge in [0, 0.05) is 18.9 Å². The molecular formula is C11H15BrN2O. The molecule has 2 unspecified atom stereocenters. The summed E-state index contributed by atoms with van der Waals surface area (Å²) in [6.07, 6.45) is 4.95. The van der Waals surface area contributed by atoms with Crippen molar-refractivity contribution in [2.24, 2.45) is 5.92 Å². The van der Waals surface area contributed by atoms with Gasteiger partial charge in [-0.15, -0.1) is 0 Å². The first-order valence-corrected chi connectivity index (χ1v) is 6.03. The Kier molecular flexibility index (Phi) is 3.59. The molecule has 1 fully saturated rings. The molecule has 1 saturated heterocycles. The van der Waals surface area contributed by atoms with E-state index in [1.807, 2.05) is 6.07 Å². The molecule has 2 rings (SSSR count). The molecule has 0 saturated carbocycles. The lowest BCUT2D eigenvalue weighted by Crippen LogP contribution is -2.42. The van der Waals surface area contributed by atoms with E-state index >= 15 is 0 Å². The molecule has 0 aliphatic carbocycles. The standard InChI is InChI=1S/C11H15BrN2O/c1-8-2-4-14-7-11(8)15-10-3-5-13-6-9(10)12/h3,5-6,8,11,14H,2,4,7H2,1H3. The number of ether oxygens (including phenoxy) is 1. The Labute approximate surface area is 98.4 Å². The average Bonchev–Trinajstić information content (AvgIpc) is 2.24. The number of nitrogens with zero attached hydrogens (tertiary/aromatic N) is 1. The maximum Gasteiger partial charge on any atom is 0.137 e. The third-order valence-electron chi connectivity index (χ3n) is 2.77. The monoisotopic (exact) mass is 270 g/mol. The van der Waals surface area contributed by atoms with Crippen LogP contribution in [0.5, 0.6) is 5.75 Å². The highest BCUT2D eigenvalue weighted by molar-refractivity contribution is 9.10. The molecule has 1 aromatic rings. The summed E-state index contributed by atoms with van der Waals surface area (Å²) in [7, 11) is 0. The van der Waals surface area contributed by atoms with Gasteiger partial charge in [-0.05, 0) is 40.9 Å². The molecule has 1 aliphatic heterocycles. The maximum absolute atomic E-state index is 5.95. The molecule has 3 nitrogen and oxygen atoms in total. The van der Waals surface area contributed by atoms with Gasteiger partial charge >= 0.3 is 0 Å². The number of halogens is 1. The van der Waals surface area contributed by atoms with Crippen LogP contribution in [0.2, 0.25) is 0 Å². The second kappa shape index (κ2) is 4.94. The van der Waals surface area contributed by atoms with Gasteiger partial charge < -0.3 is 10.1 Å². The normalized spacial score (nSPS) is 26.3. The summed E-state index contributed by atoms with van der Waals surface area (Å²) in [6.45, 7) is 4.26. The van der Waals surface area contributed by atoms with E-state index in [0.717, 1.165) is 23.3 Å². The van der Waals surface area contributed by atoms with Gasteiger partial charge in [0.15, 0.2) is 0 Å². The van der Waals surface area contributed by atoms with Gasteiger partial charge in [0.1, 0.15) is 11.9 Å². The fourth-order valence-electron chi connectivity index (χ4n) is 1.74. The quantitative estimate of drug-likeness (QED) is 0.895. The third-order valence-corrected chi connectivity index (χ3v) is 3.37. The first-order valence-electron chi connectivity index (χ1n) is 5.24. The van der Waals surface area contributed by atoms with E-state index < -0.39 is 0 Å². The van der Waals surface area contributed by atoms with E-state index in [1.165, 1.54) is 6.42 Å². The molecule has 0 spiro atoms. The highest BCUT2D eigenvalue weighted by Crippen LogP contribution is 2.26. The Morgan fingerprint density at radius 2 is 2.47 bits per heavy atom. The molecule has 4 heteroatoms. The van der Waals surface area contributed by atoms with Crippen molar-refractivity contribution in [3.8, 4) is 5.75 Å². The van der Waals surface area contributed by atoms with Crippen molar-refractivity contribution in [1.29, 1.82) is 0 Å². The van der Waals surface area contributed by atoms with Crippen LogP contribution in [0.25, 0.3) is 0 Å². The van der Waals surface area contributed by atoms with Crippen LogP contribution in [-0.2, 0) is 0 Å². The first-order chi connectivity index (χ1) is 7.27. The van der Waals surface area contributed by atoms with E-state index in [0.29, 0.717) is 5.92 Å². The summed E-state index contributed by atoms with van der Waals surface area (Å²) in [5.74, 6) is 1.48. The molecule has 0 bridgehead atoms. The SMILES string of the molecule is CC1CCNCC1Oc1ccncc1Br. The van der Waals surface area contributed by atoms with Crippen LogP contribution in [-0.4, -0.2) is 24.2 Å². The average molecular weight is 271 g/mol. The molecule has 15 heavy (non-hydrogen) atoms. The van der Waals surface area contributed by atoms with E-state index in [1.54, 1.807) is 12.4 Å². The molecule has 0 amide bonds. The number of piperidine rings is 1. The second-order valence-electron chi connectivity index (χ2n) is 3.93. The molecule has 82 valence electrons. The minimum atomic E-state index is 0.262. The van der Waals surface area contributed by atoms with Crippen molar-refractivity contribution in [1.82, 2.24) is 10.3 Å². The Bertz CT molecular complexity index is 332. The first kappa shape index (κ1) is 10.9. The molecule has 2 heterocycles. The van der Waals surface area contributed by atoms with E-state index in [2.05, 4.69) is 33.2 Å². The van der Waals surface area contributed by atoms with Crippen molar-refractivity contribution in [3.63, 3.8) is 0 Å². The Morgan fingerprint density at radius 1 is 1.60 bits per heavy atom. The Hall–Kier alpha value is -0.610. The molecule has 0 aromatic carbocycles. The third kappa shape index (κ3) is 2.69. The van der Waals surface area contributed by atoms with E-state index in [9.17, 15) is 0 Å². The summed E-state index contributed by atoms with van der Waals surface area (Å²) >= 11 is 3.44. The van der Waals surface area contributed by atoms with Crippen molar-refractivity contribution in [3.05, 3.63) is 22.9 Å². The predicted octanol–water partition coefficient (Wildman–Crippen LogP) is 2.22. The number of nitrogens with one attached hydrogen (secondary N) is 1. The Balaban J connectivity index is 2.04. The number of hydrogen-bond acceptors (Lipinski definition) is 3. The van der Waals surface area contributed by atoms with Crippen molar-refractivity contribution >= 4 is 15.9 Å². The molecule has 1 N–H and O–H groups in total. The van der Waals surface area contributed by atoms with Crippen LogP contribution < -0.4 is 10.1 Å². The van der Waals surface area contributed by atoms with Gasteiger partial charge in [-0.1, -0.05) is 6.92 Å². The van der Waals surface area contributed by atoms with Crippen molar-refractivity contribution in [2.75, 3.05) is 13.1 Å². The topological polar surface area (TPSA) is 34.1 Å². The van der Waals surface area contributed by atoms with Crippen LogP contribution in [0.3, 0.4) is 0 Å². The van der Waals surface area contributed by atoms with Crippen LogP contribution in [0, 0.1) is 5.92 Å². The largest absolute Gasteiger partial charge is 0.488 e. The smallest absolute Gasteiger partial charge is 0.137 e. The number of pyridine rings is 1. The molecule has 0 radical (unpaired) electrons. The fraction of sp³-hybridized carbons (Fsp3) is 0.545. The van der Waals surface area contributed by atoms with Gasteiger partial charge in [-0.2, -0.15) is 0 Å². The number of rotatable bonds is 2. The molecular weight excluding hydrogens is 256 g/mol. The highest BCUT2D eigenvalue weighted by Gasteiger charge is 2.23. The zero-order valence-electron chi connectivity index (χ0n) is 8.74. The zero-order valence-corrected chi connectivity index (χ0v) is 10.3. The van der Waals surface area contributed by atoms with Gasteiger partial charge in [0.2, 0.25) is 0 Å². The van der Waals surface area contributed by atoms with Gasteiger partial charge in [0.25, 0.3) is 0 Å². The summed E-state index contributed by atoms with van der Waals surface area (Å²) in [5.41, 5.74) is 0. The summed E-state index contributed by atoms with van der Waals surface area (Å²) in [6, 6.07) is 1.89. The summed E-state index contributed by atoms with van der Waals surface area (Å²) in [5, 5.41) is 3.35. The van der Waals surface area contributed by atoms with Crippen LogP contribution in [0.1, 0.15) is 13.3 Å². The lowest BCUT2D eigenvalue weighted by Gasteiger charge is -2.30. The molecule has 1 aliphatic rings. The van der Waals surface area contributed by atoms with Crippen molar-refractivity contribution < 1.29 is 4.74 Å². The van der Waals surface area contributed by atoms with Gasteiger partial charge in [0.05, 0.1) is 4.47 Å². The van der Waals surface area contributed by atoms with Crippen LogP contribution in [0.4, 0.5) is 0 Å². The fourth-order valence-corrected chi connectivity index (χ4v) is 2.08. The summed E-state index contributed by atoms with van der Waals surface area (Å²) < 4.78 is 6.87. The van der Waals surface area contributed by atoms with Crippen molar-refractivity contribution in [2.45, 2.75) is 19.4 Å². The predicted molar refractivity (Wildman–Crippen MR) is 63.0 cm³/mol. The lowest BCUT2D eigenvalue weighted by molar-refractivity contribution is 0.114. The molecule has 1 aromatic heterocycles. The Morgan fingerprint density at radius 3 is 3.20 bits per heavy atom. The minimum Gasteiger partial charge on any atom is -0.488 e. The maximum atomic E-state index is 5.95. The highest BCUT2D eigenvalue weighted by atomic mass is 79.9. The van der Waals surface area contributed by atoms with Crippen LogP contribution in [0.15, 0.2) is 22.9 Å². The van der Waals surface area contributed by atoms with Crippen LogP contribution >= 0.6 is 15.9 Å². The lowest BCUT2D eigenvalue weighted by atomic mass is 9.97.